The van der Waals surface area contributed by atoms with E-state index in [4.69, 9.17) is 22.1 Å². The first-order valence-corrected chi connectivity index (χ1v) is 22.5. The molecule has 10 aromatic rings. The third-order valence-corrected chi connectivity index (χ3v) is 12.4. The Morgan fingerprint density at radius 2 is 1.35 bits per heavy atom. The van der Waals surface area contributed by atoms with Gasteiger partial charge in [-0.3, -0.25) is 4.57 Å². The van der Waals surface area contributed by atoms with E-state index >= 15 is 0 Å². The zero-order valence-corrected chi connectivity index (χ0v) is 41.8. The Morgan fingerprint density at radius 3 is 2.07 bits per heavy atom. The van der Waals surface area contributed by atoms with E-state index in [0.717, 1.165) is 44.3 Å². The van der Waals surface area contributed by atoms with Crippen molar-refractivity contribution in [3.05, 3.63) is 198 Å². The normalized spacial score (nSPS) is 14.9. The van der Waals surface area contributed by atoms with Crippen LogP contribution in [-0.4, -0.2) is 14.1 Å². The predicted molar refractivity (Wildman–Crippen MR) is 276 cm³/mol. The van der Waals surface area contributed by atoms with Gasteiger partial charge >= 0.3 is 0 Å². The molecule has 0 saturated heterocycles. The second kappa shape index (κ2) is 17.5. The quantitative estimate of drug-likeness (QED) is 0.118. The molecule has 6 heteroatoms. The molecule has 68 heavy (non-hydrogen) atoms. The van der Waals surface area contributed by atoms with E-state index in [2.05, 4.69) is 88.8 Å². The summed E-state index contributed by atoms with van der Waals surface area (Å²) in [5.41, 5.74) is 5.67. The van der Waals surface area contributed by atoms with Crippen molar-refractivity contribution < 1.29 is 45.4 Å². The Hall–Kier alpha value is -6.55. The van der Waals surface area contributed by atoms with Gasteiger partial charge in [0.15, 0.2) is 0 Å². The Labute approximate surface area is 431 Å². The minimum atomic E-state index is -2.68. The van der Waals surface area contributed by atoms with Gasteiger partial charge in [0.05, 0.1) is 23.6 Å². The van der Waals surface area contributed by atoms with Gasteiger partial charge in [-0.05, 0) is 115 Å². The van der Waals surface area contributed by atoms with Crippen LogP contribution in [-0.2, 0) is 37.3 Å². The Bertz CT molecular complexity index is 4000. The number of hydrogen-bond acceptors (Lipinski definition) is 2. The van der Waals surface area contributed by atoms with E-state index in [9.17, 15) is 2.74 Å². The summed E-state index contributed by atoms with van der Waals surface area (Å²) in [7, 11) is 0. The van der Waals surface area contributed by atoms with Gasteiger partial charge in [-0.1, -0.05) is 159 Å². The second-order valence-electron chi connectivity index (χ2n) is 20.2. The van der Waals surface area contributed by atoms with E-state index in [1.54, 1.807) is 39.5 Å². The molecule has 0 fully saturated rings. The molecule has 3 aromatic heterocycles. The molecule has 0 saturated carbocycles. The number of hydrogen-bond donors (Lipinski definition) is 0. The predicted octanol–water partition coefficient (Wildman–Crippen LogP) is 15.4. The molecule has 5 nitrogen and oxygen atoms in total. The van der Waals surface area contributed by atoms with E-state index in [1.807, 2.05) is 69.4 Å². The van der Waals surface area contributed by atoms with Crippen molar-refractivity contribution in [3.8, 4) is 50.9 Å². The summed E-state index contributed by atoms with van der Waals surface area (Å²) in [6, 6.07) is 39.7. The summed E-state index contributed by atoms with van der Waals surface area (Å²) in [6.45, 7) is 13.4. The molecule has 0 unspecified atom stereocenters. The first kappa shape index (κ1) is 34.7. The largest absolute Gasteiger partial charge is 0.510 e. The van der Waals surface area contributed by atoms with Crippen molar-refractivity contribution in [2.45, 2.75) is 92.3 Å². The van der Waals surface area contributed by atoms with Gasteiger partial charge < -0.3 is 13.9 Å². The third-order valence-electron chi connectivity index (χ3n) is 12.4. The van der Waals surface area contributed by atoms with Crippen LogP contribution in [0.2, 0.25) is 0 Å². The topological polar surface area (TPSA) is 35.9 Å². The molecule has 3 heterocycles. The van der Waals surface area contributed by atoms with Crippen LogP contribution >= 0.6 is 0 Å². The number of aryl methyl sites for hydroxylation is 2. The number of aromatic nitrogens is 4. The average molecular weight is 1080 g/mol. The van der Waals surface area contributed by atoms with Crippen molar-refractivity contribution in [3.63, 3.8) is 0 Å². The third kappa shape index (κ3) is 8.51. The molecule has 344 valence electrons. The van der Waals surface area contributed by atoms with Gasteiger partial charge in [0.2, 0.25) is 0 Å². The molecule has 0 aliphatic rings. The molecular weight excluding hydrogens is 1010 g/mol. The minimum Gasteiger partial charge on any atom is -0.510 e. The number of ether oxygens (including phenoxy) is 1. The van der Waals surface area contributed by atoms with Gasteiger partial charge in [0.25, 0.3) is 6.33 Å². The molecule has 0 bridgehead atoms. The van der Waals surface area contributed by atoms with Crippen LogP contribution in [0.1, 0.15) is 105 Å². The van der Waals surface area contributed by atoms with Crippen LogP contribution in [0.25, 0.3) is 72.3 Å². The summed E-state index contributed by atoms with van der Waals surface area (Å²) in [5, 5.41) is 1.99. The molecule has 0 spiro atoms. The first-order chi connectivity index (χ1) is 36.4. The molecule has 7 aromatic carbocycles. The van der Waals surface area contributed by atoms with Gasteiger partial charge in [-0.15, -0.1) is 29.7 Å². The fourth-order valence-corrected chi connectivity index (χ4v) is 8.85. The number of nitrogens with zero attached hydrogens (tertiary/aromatic N) is 4. The molecule has 0 radical (unpaired) electrons. The molecule has 0 atom stereocenters. The number of rotatable bonds is 7. The fourth-order valence-electron chi connectivity index (χ4n) is 8.85. The van der Waals surface area contributed by atoms with Crippen LogP contribution in [0.15, 0.2) is 152 Å². The van der Waals surface area contributed by atoms with Crippen molar-refractivity contribution in [2.24, 2.45) is 0 Å². The Morgan fingerprint density at radius 1 is 0.632 bits per heavy atom. The summed E-state index contributed by atoms with van der Waals surface area (Å²) in [4.78, 5) is 4.83. The standard InChI is InChI=1S/C62H58N4O.Pt/c1-40-19-17-20-41(2)58(40)43-27-30-54-56(33-43)64(39-65(54)59-51(42-21-13-12-14-22-42)34-45(61(6,7)8)35-52(59)62(9,10)11)46-23-18-24-47(37-46)67-48-28-29-50-49-25-15-16-26-53(49)66(55(50)38-48)57-36-44(31-32-63-57)60(3,4)5;/h12-36H,1-11H3;/q-2;/i1D3,2D3,12D,13D,14D,21D,22D;. The van der Waals surface area contributed by atoms with Gasteiger partial charge in [-0.25, -0.2) is 4.98 Å². The van der Waals surface area contributed by atoms with Gasteiger partial charge in [0, 0.05) is 52.5 Å². The van der Waals surface area contributed by atoms with E-state index in [0.29, 0.717) is 45.0 Å². The number of imidazole rings is 1. The monoisotopic (exact) mass is 1080 g/mol. The molecule has 0 aliphatic heterocycles. The van der Waals surface area contributed by atoms with E-state index < -0.39 is 42.7 Å². The molecule has 10 rings (SSSR count). The zero-order valence-electron chi connectivity index (χ0n) is 50.6. The van der Waals surface area contributed by atoms with Crippen LogP contribution in [0.4, 0.5) is 0 Å². The summed E-state index contributed by atoms with van der Waals surface area (Å²) in [5.74, 6) is 1.46. The number of benzene rings is 7. The smallest absolute Gasteiger partial charge is 0.268 e. The first-order valence-electron chi connectivity index (χ1n) is 28.0. The van der Waals surface area contributed by atoms with Crippen molar-refractivity contribution in [1.29, 1.82) is 0 Å². The van der Waals surface area contributed by atoms with Crippen LogP contribution in [0, 0.1) is 32.2 Å². The van der Waals surface area contributed by atoms with Crippen molar-refractivity contribution in [1.82, 2.24) is 14.1 Å². The zero-order chi connectivity index (χ0) is 56.3. The Balaban J connectivity index is 0.00000757. The molecule has 0 aliphatic carbocycles. The van der Waals surface area contributed by atoms with Crippen LogP contribution < -0.4 is 9.30 Å². The van der Waals surface area contributed by atoms with Crippen molar-refractivity contribution >= 4 is 32.8 Å². The van der Waals surface area contributed by atoms with Crippen molar-refractivity contribution in [2.75, 3.05) is 0 Å². The maximum atomic E-state index is 9.31. The van der Waals surface area contributed by atoms with E-state index in [-0.39, 0.29) is 60.8 Å². The SMILES string of the molecule is [2H]c1c([2H])c([2H])c(-c2cc(C(C)(C)C)cc(C(C)(C)C)c2-[n+]2[c-]n(-c3[c-]c(Oc4[c-]c5c(cc4)c4ccccc4n5-c4cc(C(C)(C)C)ccn4)ccc3)c3cc(-c4c(C([2H])([2H])[2H])cccc4C([2H])([2H])[2H])ccc32)c([2H])c1[2H].[Pt]. The molecular formula is C62H58N4OPt-2. The minimum absolute atomic E-state index is 0. The summed E-state index contributed by atoms with van der Waals surface area (Å²) >= 11 is 0. The van der Waals surface area contributed by atoms with Gasteiger partial charge in [0.1, 0.15) is 5.82 Å². The Kier molecular flexibility index (Phi) is 8.93. The molecule has 0 N–H and O–H groups in total. The maximum absolute atomic E-state index is 9.31. The number of pyridine rings is 1. The van der Waals surface area contributed by atoms with Crippen LogP contribution in [0.3, 0.4) is 0 Å². The van der Waals surface area contributed by atoms with Crippen LogP contribution in [0.5, 0.6) is 11.5 Å². The second-order valence-corrected chi connectivity index (χ2v) is 20.2. The average Bonchev–Trinajstić information content (AvgIpc) is 4.19. The fraction of sp³-hybridized carbons (Fsp3) is 0.226. The number of fused-ring (bicyclic) bond motifs is 4. The number of para-hydroxylation sites is 1. The van der Waals surface area contributed by atoms with Gasteiger partial charge in [-0.2, -0.15) is 18.2 Å². The summed E-state index contributed by atoms with van der Waals surface area (Å²) in [6.07, 6.45) is 5.40. The maximum Gasteiger partial charge on any atom is 0.268 e. The van der Waals surface area contributed by atoms with E-state index in [1.165, 1.54) is 18.2 Å². The molecule has 0 amide bonds. The summed E-state index contributed by atoms with van der Waals surface area (Å²) < 4.78 is 108.